The molecule has 4 aromatic rings. The van der Waals surface area contributed by atoms with E-state index in [1.165, 1.54) is 22.8 Å². The van der Waals surface area contributed by atoms with Crippen molar-refractivity contribution < 1.29 is 18.8 Å². The van der Waals surface area contributed by atoms with Gasteiger partial charge in [0.15, 0.2) is 5.82 Å². The molecule has 2 saturated heterocycles. The number of halogens is 3. The van der Waals surface area contributed by atoms with Crippen molar-refractivity contribution in [3.05, 3.63) is 84.5 Å². The predicted molar refractivity (Wildman–Crippen MR) is 176 cm³/mol. The highest BCUT2D eigenvalue weighted by molar-refractivity contribution is 9.13. The number of hydrogen-bond donors (Lipinski definition) is 3. The average molecular weight is 739 g/mol. The standard InChI is InChI=1S/C23H23FN6O2.C8H3Br2NO2/c24-14-1-2-18-16(11-14)21(31)22-27-17-13-20(29-9-5-26-6-10-29)19(28-7-3-25-4-8-28)12-15(17)23(32)30(18)22;9-4-1-3-6(2-5(4)10)11-8(13)7(3)12/h1-2,11-13,25-26H,3-10H2;1-2H,(H,11,12,13). The SMILES string of the molecule is O=C1Nc2cc(Br)c(Br)cc2C1=O.O=C1c2cc(F)ccc2-n2c1nc1cc(N3CCNCC3)c(N3CCNCC3)cc1c2=O. The molecule has 1 amide bonds. The predicted octanol–water partition coefficient (Wildman–Crippen LogP) is 3.23. The maximum Gasteiger partial charge on any atom is 0.296 e. The zero-order valence-corrected chi connectivity index (χ0v) is 26.9. The van der Waals surface area contributed by atoms with Gasteiger partial charge in [-0.05, 0) is 74.3 Å². The molecule has 0 saturated carbocycles. The lowest BCUT2D eigenvalue weighted by molar-refractivity contribution is -0.112. The first-order chi connectivity index (χ1) is 21.7. The van der Waals surface area contributed by atoms with Crippen LogP contribution in [0.1, 0.15) is 26.5 Å². The van der Waals surface area contributed by atoms with Gasteiger partial charge in [-0.2, -0.15) is 0 Å². The summed E-state index contributed by atoms with van der Waals surface area (Å²) in [6.07, 6.45) is 0. The Morgan fingerprint density at radius 3 is 2.00 bits per heavy atom. The fourth-order valence-electron chi connectivity index (χ4n) is 6.05. The summed E-state index contributed by atoms with van der Waals surface area (Å²) in [5.41, 5.74) is 3.79. The van der Waals surface area contributed by atoms with Gasteiger partial charge in [-0.3, -0.25) is 23.7 Å². The molecule has 0 atom stereocenters. The first kappa shape index (κ1) is 29.7. The summed E-state index contributed by atoms with van der Waals surface area (Å²) in [7, 11) is 0. The molecule has 0 bridgehead atoms. The Morgan fingerprint density at radius 2 is 1.33 bits per heavy atom. The van der Waals surface area contributed by atoms with Crippen LogP contribution in [-0.2, 0) is 4.79 Å². The van der Waals surface area contributed by atoms with Crippen LogP contribution in [0.4, 0.5) is 21.5 Å². The van der Waals surface area contributed by atoms with Crippen molar-refractivity contribution in [1.29, 1.82) is 0 Å². The summed E-state index contributed by atoms with van der Waals surface area (Å²) < 4.78 is 16.7. The zero-order valence-electron chi connectivity index (χ0n) is 23.8. The van der Waals surface area contributed by atoms with E-state index in [4.69, 9.17) is 0 Å². The minimum absolute atomic E-state index is 0.0456. The van der Waals surface area contributed by atoms with Gasteiger partial charge in [0.1, 0.15) is 5.82 Å². The second-order valence-corrected chi connectivity index (χ2v) is 12.7. The van der Waals surface area contributed by atoms with Gasteiger partial charge < -0.3 is 25.8 Å². The molecule has 8 rings (SSSR count). The normalized spacial score (nSPS) is 17.1. The molecule has 230 valence electrons. The minimum atomic E-state index is -0.569. The molecular formula is C31H26Br2FN7O4. The van der Waals surface area contributed by atoms with E-state index in [9.17, 15) is 23.6 Å². The van der Waals surface area contributed by atoms with Gasteiger partial charge in [0.25, 0.3) is 17.2 Å². The number of piperazine rings is 2. The quantitative estimate of drug-likeness (QED) is 0.234. The molecule has 4 aliphatic rings. The number of nitrogens with zero attached hydrogens (tertiary/aromatic N) is 4. The average Bonchev–Trinajstić information content (AvgIpc) is 3.48. The Kier molecular flexibility index (Phi) is 7.76. The van der Waals surface area contributed by atoms with Crippen molar-refractivity contribution in [2.24, 2.45) is 0 Å². The third-order valence-corrected chi connectivity index (χ3v) is 10.1. The lowest BCUT2D eigenvalue weighted by Gasteiger charge is -2.36. The number of rotatable bonds is 2. The molecule has 14 heteroatoms. The second kappa shape index (κ2) is 11.7. The zero-order chi connectivity index (χ0) is 31.4. The number of ketones is 2. The number of carbonyl (C=O) groups excluding carboxylic acids is 3. The number of amides is 1. The van der Waals surface area contributed by atoms with Gasteiger partial charge in [0.05, 0.1) is 44.8 Å². The molecule has 45 heavy (non-hydrogen) atoms. The Balaban J connectivity index is 0.000000209. The molecule has 0 radical (unpaired) electrons. The van der Waals surface area contributed by atoms with Crippen molar-refractivity contribution in [3.63, 3.8) is 0 Å². The van der Waals surface area contributed by atoms with E-state index >= 15 is 0 Å². The fourth-order valence-corrected chi connectivity index (χ4v) is 6.74. The van der Waals surface area contributed by atoms with Crippen LogP contribution in [0.3, 0.4) is 0 Å². The molecule has 11 nitrogen and oxygen atoms in total. The summed E-state index contributed by atoms with van der Waals surface area (Å²) in [5.74, 6) is -1.94. The number of anilines is 3. The van der Waals surface area contributed by atoms with Crippen molar-refractivity contribution in [2.45, 2.75) is 0 Å². The molecule has 4 aliphatic heterocycles. The first-order valence-corrected chi connectivity index (χ1v) is 16.0. The van der Waals surface area contributed by atoms with E-state index in [1.54, 1.807) is 12.1 Å². The summed E-state index contributed by atoms with van der Waals surface area (Å²) >= 11 is 6.54. The molecular weight excluding hydrogens is 713 g/mol. The van der Waals surface area contributed by atoms with Crippen molar-refractivity contribution in [2.75, 3.05) is 67.5 Å². The molecule has 1 aromatic heterocycles. The van der Waals surface area contributed by atoms with E-state index < -0.39 is 23.3 Å². The van der Waals surface area contributed by atoms with E-state index in [2.05, 4.69) is 62.6 Å². The van der Waals surface area contributed by atoms with Gasteiger partial charge >= 0.3 is 0 Å². The van der Waals surface area contributed by atoms with Gasteiger partial charge in [0, 0.05) is 61.3 Å². The molecule has 3 N–H and O–H groups in total. The van der Waals surface area contributed by atoms with Crippen LogP contribution in [0, 0.1) is 5.82 Å². The van der Waals surface area contributed by atoms with Crippen LogP contribution in [-0.4, -0.2) is 79.4 Å². The maximum absolute atomic E-state index is 13.8. The lowest BCUT2D eigenvalue weighted by Crippen LogP contribution is -2.46. The number of benzene rings is 3. The Morgan fingerprint density at radius 1 is 0.711 bits per heavy atom. The van der Waals surface area contributed by atoms with Crippen molar-refractivity contribution >= 4 is 77.3 Å². The second-order valence-electron chi connectivity index (χ2n) is 11.0. The largest absolute Gasteiger partial charge is 0.367 e. The van der Waals surface area contributed by atoms with Crippen LogP contribution in [0.2, 0.25) is 0 Å². The number of aromatic nitrogens is 2. The van der Waals surface area contributed by atoms with Crippen molar-refractivity contribution in [1.82, 2.24) is 20.2 Å². The van der Waals surface area contributed by atoms with E-state index in [0.717, 1.165) is 72.7 Å². The summed E-state index contributed by atoms with van der Waals surface area (Å²) in [5, 5.41) is 9.69. The Hall–Kier alpha value is -3.98. The summed E-state index contributed by atoms with van der Waals surface area (Å²) in [6.45, 7) is 6.96. The monoisotopic (exact) mass is 737 g/mol. The highest BCUT2D eigenvalue weighted by Gasteiger charge is 2.32. The Bertz CT molecular complexity index is 1990. The molecule has 5 heterocycles. The van der Waals surface area contributed by atoms with Gasteiger partial charge in [-0.25, -0.2) is 9.37 Å². The van der Waals surface area contributed by atoms with E-state index in [-0.39, 0.29) is 16.9 Å². The lowest BCUT2D eigenvalue weighted by atomic mass is 10.1. The van der Waals surface area contributed by atoms with Gasteiger partial charge in [-0.15, -0.1) is 0 Å². The number of hydrogen-bond acceptors (Lipinski definition) is 9. The highest BCUT2D eigenvalue weighted by atomic mass is 79.9. The fraction of sp³-hybridized carbons (Fsp3) is 0.258. The number of Topliss-reactive ketones (excluding diaryl/α,β-unsaturated/α-hetero) is 1. The molecule has 3 aromatic carbocycles. The first-order valence-electron chi connectivity index (χ1n) is 14.4. The number of nitrogens with one attached hydrogen (secondary N) is 3. The number of fused-ring (bicyclic) bond motifs is 5. The van der Waals surface area contributed by atoms with Crippen LogP contribution in [0.5, 0.6) is 0 Å². The van der Waals surface area contributed by atoms with Crippen molar-refractivity contribution in [3.8, 4) is 5.69 Å². The smallest absolute Gasteiger partial charge is 0.296 e. The summed E-state index contributed by atoms with van der Waals surface area (Å²) in [6, 6.07) is 11.1. The van der Waals surface area contributed by atoms with Crippen LogP contribution in [0.25, 0.3) is 16.6 Å². The highest BCUT2D eigenvalue weighted by Crippen LogP contribution is 2.35. The minimum Gasteiger partial charge on any atom is -0.367 e. The van der Waals surface area contributed by atoms with E-state index in [0.29, 0.717) is 27.8 Å². The van der Waals surface area contributed by atoms with E-state index in [1.807, 2.05) is 12.1 Å². The van der Waals surface area contributed by atoms with Gasteiger partial charge in [0.2, 0.25) is 5.78 Å². The number of carbonyl (C=O) groups is 3. The molecule has 2 fully saturated rings. The van der Waals surface area contributed by atoms with Crippen LogP contribution < -0.4 is 31.3 Å². The third-order valence-electron chi connectivity index (χ3n) is 8.29. The molecule has 0 aliphatic carbocycles. The van der Waals surface area contributed by atoms with Crippen LogP contribution in [0.15, 0.2) is 56.2 Å². The maximum atomic E-state index is 13.8. The molecule has 0 unspecified atom stereocenters. The topological polar surface area (TPSA) is 129 Å². The third kappa shape index (κ3) is 5.25. The molecule has 0 spiro atoms. The Labute approximate surface area is 273 Å². The van der Waals surface area contributed by atoms with Gasteiger partial charge in [-0.1, -0.05) is 0 Å². The summed E-state index contributed by atoms with van der Waals surface area (Å²) in [4.78, 5) is 57.9. The van der Waals surface area contributed by atoms with Crippen LogP contribution >= 0.6 is 31.9 Å².